The zero-order chi connectivity index (χ0) is 18.6. The van der Waals surface area contributed by atoms with Gasteiger partial charge in [0.1, 0.15) is 6.04 Å². The SMILES string of the molecule is Cc1ccc(C(=O)NC(C(=O)N2CCC(C(=O)O)CC2)C(C)C)cc1. The summed E-state index contributed by atoms with van der Waals surface area (Å²) in [4.78, 5) is 37.9. The number of aryl methyl sites for hydroxylation is 1. The summed E-state index contributed by atoms with van der Waals surface area (Å²) >= 11 is 0. The van der Waals surface area contributed by atoms with Crippen LogP contribution in [0.4, 0.5) is 0 Å². The van der Waals surface area contributed by atoms with Crippen molar-refractivity contribution in [3.8, 4) is 0 Å². The van der Waals surface area contributed by atoms with Gasteiger partial charge in [0.05, 0.1) is 5.92 Å². The molecular formula is C19H26N2O4. The molecule has 1 heterocycles. The normalized spacial score (nSPS) is 16.6. The van der Waals surface area contributed by atoms with E-state index >= 15 is 0 Å². The molecule has 2 amide bonds. The van der Waals surface area contributed by atoms with E-state index in [2.05, 4.69) is 5.32 Å². The highest BCUT2D eigenvalue weighted by molar-refractivity contribution is 5.97. The number of likely N-dealkylation sites (tertiary alicyclic amines) is 1. The summed E-state index contributed by atoms with van der Waals surface area (Å²) in [5, 5.41) is 11.9. The van der Waals surface area contributed by atoms with Gasteiger partial charge in [0.2, 0.25) is 5.91 Å². The molecule has 1 aliphatic rings. The van der Waals surface area contributed by atoms with Gasteiger partial charge >= 0.3 is 5.97 Å². The number of benzene rings is 1. The lowest BCUT2D eigenvalue weighted by atomic mass is 9.95. The lowest BCUT2D eigenvalue weighted by molar-refractivity contribution is -0.146. The fourth-order valence-corrected chi connectivity index (χ4v) is 2.99. The Bertz CT molecular complexity index is 631. The average molecular weight is 346 g/mol. The maximum absolute atomic E-state index is 12.8. The molecule has 1 unspecified atom stereocenters. The molecule has 1 aromatic carbocycles. The van der Waals surface area contributed by atoms with Crippen LogP contribution in [0.5, 0.6) is 0 Å². The quantitative estimate of drug-likeness (QED) is 0.854. The summed E-state index contributed by atoms with van der Waals surface area (Å²) in [5.74, 6) is -1.66. The summed E-state index contributed by atoms with van der Waals surface area (Å²) in [6.07, 6.45) is 0.912. The van der Waals surface area contributed by atoms with E-state index in [4.69, 9.17) is 5.11 Å². The first-order valence-electron chi connectivity index (χ1n) is 8.68. The molecule has 1 fully saturated rings. The number of carbonyl (C=O) groups is 3. The van der Waals surface area contributed by atoms with E-state index in [0.717, 1.165) is 5.56 Å². The molecule has 1 aliphatic heterocycles. The van der Waals surface area contributed by atoms with Crippen LogP contribution in [0, 0.1) is 18.8 Å². The summed E-state index contributed by atoms with van der Waals surface area (Å²) in [6.45, 7) is 6.56. The van der Waals surface area contributed by atoms with Gasteiger partial charge in [-0.1, -0.05) is 31.5 Å². The van der Waals surface area contributed by atoms with Crippen molar-refractivity contribution in [2.24, 2.45) is 11.8 Å². The van der Waals surface area contributed by atoms with Crippen LogP contribution in [0.1, 0.15) is 42.6 Å². The van der Waals surface area contributed by atoms with Crippen LogP contribution in [0.15, 0.2) is 24.3 Å². The topological polar surface area (TPSA) is 86.7 Å². The van der Waals surface area contributed by atoms with Crippen LogP contribution < -0.4 is 5.32 Å². The molecule has 1 atom stereocenters. The number of carboxylic acids is 1. The van der Waals surface area contributed by atoms with Gasteiger partial charge in [0, 0.05) is 18.7 Å². The second-order valence-electron chi connectivity index (χ2n) is 7.00. The predicted octanol–water partition coefficient (Wildman–Crippen LogP) is 2.07. The molecule has 0 bridgehead atoms. The smallest absolute Gasteiger partial charge is 0.306 e. The Kier molecular flexibility index (Phi) is 6.17. The number of piperidine rings is 1. The minimum Gasteiger partial charge on any atom is -0.481 e. The molecule has 6 heteroatoms. The highest BCUT2D eigenvalue weighted by atomic mass is 16.4. The maximum Gasteiger partial charge on any atom is 0.306 e. The van der Waals surface area contributed by atoms with Gasteiger partial charge in [0.25, 0.3) is 5.91 Å². The van der Waals surface area contributed by atoms with E-state index in [9.17, 15) is 14.4 Å². The standard InChI is InChI=1S/C19H26N2O4/c1-12(2)16(20-17(22)14-6-4-13(3)5-7-14)18(23)21-10-8-15(9-11-21)19(24)25/h4-7,12,15-16H,8-11H2,1-3H3,(H,20,22)(H,24,25). The molecule has 2 N–H and O–H groups in total. The Morgan fingerprint density at radius 3 is 2.16 bits per heavy atom. The minimum absolute atomic E-state index is 0.0564. The first-order valence-corrected chi connectivity index (χ1v) is 8.68. The molecule has 0 saturated carbocycles. The molecule has 0 aromatic heterocycles. The first-order chi connectivity index (χ1) is 11.8. The van der Waals surface area contributed by atoms with Gasteiger partial charge in [-0.25, -0.2) is 0 Å². The maximum atomic E-state index is 12.8. The third kappa shape index (κ3) is 4.81. The zero-order valence-electron chi connectivity index (χ0n) is 15.0. The number of rotatable bonds is 5. The lowest BCUT2D eigenvalue weighted by Gasteiger charge is -2.34. The highest BCUT2D eigenvalue weighted by Crippen LogP contribution is 2.19. The Hall–Kier alpha value is -2.37. The van der Waals surface area contributed by atoms with Crippen molar-refractivity contribution in [3.63, 3.8) is 0 Å². The van der Waals surface area contributed by atoms with Gasteiger partial charge in [-0.2, -0.15) is 0 Å². The molecule has 136 valence electrons. The van der Waals surface area contributed by atoms with Crippen molar-refractivity contribution < 1.29 is 19.5 Å². The van der Waals surface area contributed by atoms with Crippen LogP contribution in [-0.2, 0) is 9.59 Å². The Balaban J connectivity index is 2.02. The van der Waals surface area contributed by atoms with Crippen molar-refractivity contribution in [3.05, 3.63) is 35.4 Å². The molecule has 1 saturated heterocycles. The van der Waals surface area contributed by atoms with Crippen LogP contribution in [0.25, 0.3) is 0 Å². The zero-order valence-corrected chi connectivity index (χ0v) is 15.0. The van der Waals surface area contributed by atoms with E-state index < -0.39 is 12.0 Å². The molecule has 2 rings (SSSR count). The second kappa shape index (κ2) is 8.14. The van der Waals surface area contributed by atoms with Gasteiger partial charge in [-0.15, -0.1) is 0 Å². The number of aliphatic carboxylic acids is 1. The van der Waals surface area contributed by atoms with Gasteiger partial charge < -0.3 is 15.3 Å². The monoisotopic (exact) mass is 346 g/mol. The van der Waals surface area contributed by atoms with Gasteiger partial charge in [0.15, 0.2) is 0 Å². The summed E-state index contributed by atoms with van der Waals surface area (Å²) in [5.41, 5.74) is 1.59. The van der Waals surface area contributed by atoms with Crippen LogP contribution in [0.2, 0.25) is 0 Å². The van der Waals surface area contributed by atoms with E-state index in [1.807, 2.05) is 32.9 Å². The number of carbonyl (C=O) groups excluding carboxylic acids is 2. The number of hydrogen-bond acceptors (Lipinski definition) is 3. The summed E-state index contributed by atoms with van der Waals surface area (Å²) < 4.78 is 0. The fourth-order valence-electron chi connectivity index (χ4n) is 2.99. The van der Waals surface area contributed by atoms with Crippen molar-refractivity contribution in [1.82, 2.24) is 10.2 Å². The number of nitrogens with one attached hydrogen (secondary N) is 1. The largest absolute Gasteiger partial charge is 0.481 e. The molecule has 6 nitrogen and oxygen atoms in total. The minimum atomic E-state index is -0.805. The van der Waals surface area contributed by atoms with Crippen molar-refractivity contribution in [2.75, 3.05) is 13.1 Å². The van der Waals surface area contributed by atoms with E-state index in [0.29, 0.717) is 31.5 Å². The molecule has 0 spiro atoms. The third-order valence-corrected chi connectivity index (χ3v) is 4.69. The molecule has 0 radical (unpaired) electrons. The molecular weight excluding hydrogens is 320 g/mol. The van der Waals surface area contributed by atoms with Crippen LogP contribution in [-0.4, -0.2) is 46.9 Å². The van der Waals surface area contributed by atoms with E-state index in [1.54, 1.807) is 17.0 Å². The van der Waals surface area contributed by atoms with Crippen molar-refractivity contribution in [2.45, 2.75) is 39.7 Å². The average Bonchev–Trinajstić information content (AvgIpc) is 2.59. The van der Waals surface area contributed by atoms with Crippen molar-refractivity contribution in [1.29, 1.82) is 0 Å². The Morgan fingerprint density at radius 1 is 1.12 bits per heavy atom. The predicted molar refractivity (Wildman–Crippen MR) is 94.2 cm³/mol. The first kappa shape index (κ1) is 19.0. The number of amides is 2. The summed E-state index contributed by atoms with van der Waals surface area (Å²) in [7, 11) is 0. The van der Waals surface area contributed by atoms with Crippen molar-refractivity contribution >= 4 is 17.8 Å². The molecule has 1 aromatic rings. The lowest BCUT2D eigenvalue weighted by Crippen LogP contribution is -2.53. The fraction of sp³-hybridized carbons (Fsp3) is 0.526. The van der Waals surface area contributed by atoms with Crippen LogP contribution in [0.3, 0.4) is 0 Å². The molecule has 0 aliphatic carbocycles. The Labute approximate surface area is 148 Å². The summed E-state index contributed by atoms with van der Waals surface area (Å²) in [6, 6.07) is 6.58. The molecule has 25 heavy (non-hydrogen) atoms. The number of carboxylic acid groups (broad SMARTS) is 1. The number of hydrogen-bond donors (Lipinski definition) is 2. The van der Waals surface area contributed by atoms with E-state index in [-0.39, 0.29) is 23.7 Å². The number of nitrogens with zero attached hydrogens (tertiary/aromatic N) is 1. The highest BCUT2D eigenvalue weighted by Gasteiger charge is 2.32. The second-order valence-corrected chi connectivity index (χ2v) is 7.00. The van der Waals surface area contributed by atoms with Gasteiger partial charge in [-0.05, 0) is 37.8 Å². The van der Waals surface area contributed by atoms with E-state index in [1.165, 1.54) is 0 Å². The van der Waals surface area contributed by atoms with Gasteiger partial charge in [-0.3, -0.25) is 14.4 Å². The third-order valence-electron chi connectivity index (χ3n) is 4.69. The Morgan fingerprint density at radius 2 is 1.68 bits per heavy atom. The van der Waals surface area contributed by atoms with Crippen LogP contribution >= 0.6 is 0 Å².